The second kappa shape index (κ2) is 4.83. The fourth-order valence-corrected chi connectivity index (χ4v) is 1.49. The van der Waals surface area contributed by atoms with Crippen molar-refractivity contribution >= 4 is 0 Å². The van der Waals surface area contributed by atoms with Crippen LogP contribution in [0.1, 0.15) is 26.7 Å². The van der Waals surface area contributed by atoms with Crippen LogP contribution in [0.3, 0.4) is 0 Å². The summed E-state index contributed by atoms with van der Waals surface area (Å²) in [6.45, 7) is 6.46. The van der Waals surface area contributed by atoms with Gasteiger partial charge >= 0.3 is 0 Å². The third kappa shape index (κ3) is 3.55. The molecule has 0 aromatic rings. The molecule has 12 heavy (non-hydrogen) atoms. The van der Waals surface area contributed by atoms with Crippen molar-refractivity contribution in [3.05, 3.63) is 0 Å². The molecule has 0 heterocycles. The summed E-state index contributed by atoms with van der Waals surface area (Å²) < 4.78 is 5.07. The van der Waals surface area contributed by atoms with E-state index in [9.17, 15) is 0 Å². The average Bonchev–Trinajstić information content (AvgIpc) is 2.83. The van der Waals surface area contributed by atoms with E-state index in [1.165, 1.54) is 12.8 Å². The van der Waals surface area contributed by atoms with Crippen LogP contribution in [0.4, 0.5) is 0 Å². The first-order valence-corrected chi connectivity index (χ1v) is 4.96. The molecule has 1 fully saturated rings. The number of hydrogen-bond donors (Lipinski definition) is 1. The molecule has 1 aliphatic carbocycles. The van der Waals surface area contributed by atoms with E-state index < -0.39 is 0 Å². The first kappa shape index (κ1) is 10.0. The molecule has 0 radical (unpaired) electrons. The molecule has 1 aliphatic rings. The van der Waals surface area contributed by atoms with Crippen LogP contribution >= 0.6 is 0 Å². The molecule has 0 aromatic heterocycles. The molecule has 1 saturated carbocycles. The van der Waals surface area contributed by atoms with Crippen LogP contribution in [0.25, 0.3) is 0 Å². The number of methoxy groups -OCH3 is 1. The highest BCUT2D eigenvalue weighted by molar-refractivity contribution is 4.83. The molecule has 0 bridgehead atoms. The van der Waals surface area contributed by atoms with Gasteiger partial charge in [0.05, 0.1) is 0 Å². The second-order valence-corrected chi connectivity index (χ2v) is 4.09. The molecule has 0 saturated heterocycles. The van der Waals surface area contributed by atoms with E-state index >= 15 is 0 Å². The van der Waals surface area contributed by atoms with Gasteiger partial charge in [-0.15, -0.1) is 0 Å². The van der Waals surface area contributed by atoms with Gasteiger partial charge in [-0.3, -0.25) is 0 Å². The van der Waals surface area contributed by atoms with Crippen molar-refractivity contribution in [1.82, 2.24) is 5.32 Å². The molecule has 0 aliphatic heterocycles. The lowest BCUT2D eigenvalue weighted by molar-refractivity contribution is 0.156. The van der Waals surface area contributed by atoms with Gasteiger partial charge in [0.1, 0.15) is 0 Å². The molecule has 2 atom stereocenters. The molecule has 72 valence electrons. The second-order valence-electron chi connectivity index (χ2n) is 4.09. The van der Waals surface area contributed by atoms with Crippen LogP contribution in [-0.4, -0.2) is 26.3 Å². The largest absolute Gasteiger partial charge is 0.384 e. The predicted octanol–water partition coefficient (Wildman–Crippen LogP) is 1.66. The van der Waals surface area contributed by atoms with Gasteiger partial charge in [-0.1, -0.05) is 6.92 Å². The highest BCUT2D eigenvalue weighted by atomic mass is 16.5. The summed E-state index contributed by atoms with van der Waals surface area (Å²) in [5, 5.41) is 3.55. The summed E-state index contributed by atoms with van der Waals surface area (Å²) in [5.41, 5.74) is 0. The lowest BCUT2D eigenvalue weighted by Gasteiger charge is -2.16. The molecular weight excluding hydrogens is 150 g/mol. The van der Waals surface area contributed by atoms with Gasteiger partial charge in [0.2, 0.25) is 0 Å². The minimum Gasteiger partial charge on any atom is -0.384 e. The molecular formula is C10H21NO. The third-order valence-electron chi connectivity index (χ3n) is 2.57. The van der Waals surface area contributed by atoms with Gasteiger partial charge < -0.3 is 10.1 Å². The molecule has 0 aromatic carbocycles. The average molecular weight is 171 g/mol. The smallest absolute Gasteiger partial charge is 0.0499 e. The Morgan fingerprint density at radius 3 is 2.58 bits per heavy atom. The van der Waals surface area contributed by atoms with E-state index in [2.05, 4.69) is 19.2 Å². The van der Waals surface area contributed by atoms with Crippen molar-refractivity contribution in [2.45, 2.75) is 32.7 Å². The summed E-state index contributed by atoms with van der Waals surface area (Å²) in [6.07, 6.45) is 2.85. The summed E-state index contributed by atoms with van der Waals surface area (Å²) in [6, 6.07) is 0.712. The molecule has 1 rings (SSSR count). The van der Waals surface area contributed by atoms with Gasteiger partial charge in [-0.2, -0.15) is 0 Å². The van der Waals surface area contributed by atoms with Crippen molar-refractivity contribution in [2.75, 3.05) is 20.3 Å². The summed E-state index contributed by atoms with van der Waals surface area (Å²) in [4.78, 5) is 0. The van der Waals surface area contributed by atoms with Crippen LogP contribution in [-0.2, 0) is 4.74 Å². The lowest BCUT2D eigenvalue weighted by atomic mass is 10.1. The van der Waals surface area contributed by atoms with Crippen LogP contribution < -0.4 is 5.32 Å². The number of nitrogens with one attached hydrogen (secondary N) is 1. The van der Waals surface area contributed by atoms with Gasteiger partial charge in [-0.25, -0.2) is 0 Å². The van der Waals surface area contributed by atoms with Crippen LogP contribution in [0.5, 0.6) is 0 Å². The Balaban J connectivity index is 1.99. The van der Waals surface area contributed by atoms with Crippen molar-refractivity contribution < 1.29 is 4.74 Å². The molecule has 2 heteroatoms. The Morgan fingerprint density at radius 2 is 2.08 bits per heavy atom. The van der Waals surface area contributed by atoms with Crippen LogP contribution in [0, 0.1) is 11.8 Å². The zero-order valence-electron chi connectivity index (χ0n) is 8.47. The van der Waals surface area contributed by atoms with Gasteiger partial charge in [0, 0.05) is 26.3 Å². The maximum atomic E-state index is 5.07. The Kier molecular flexibility index (Phi) is 4.02. The molecule has 0 amide bonds. The van der Waals surface area contributed by atoms with Crippen LogP contribution in [0.15, 0.2) is 0 Å². The molecule has 2 nitrogen and oxygen atoms in total. The summed E-state index contributed by atoms with van der Waals surface area (Å²) in [7, 11) is 1.76. The Morgan fingerprint density at radius 1 is 1.42 bits per heavy atom. The lowest BCUT2D eigenvalue weighted by Crippen LogP contribution is -2.33. The highest BCUT2D eigenvalue weighted by Crippen LogP contribution is 2.32. The maximum absolute atomic E-state index is 5.07. The fraction of sp³-hybridized carbons (Fsp3) is 1.00. The minimum atomic E-state index is 0.635. The molecule has 2 unspecified atom stereocenters. The van der Waals surface area contributed by atoms with E-state index in [4.69, 9.17) is 4.74 Å². The Labute approximate surface area is 75.7 Å². The maximum Gasteiger partial charge on any atom is 0.0499 e. The van der Waals surface area contributed by atoms with Crippen LogP contribution in [0.2, 0.25) is 0 Å². The summed E-state index contributed by atoms with van der Waals surface area (Å²) in [5.74, 6) is 1.59. The quantitative estimate of drug-likeness (QED) is 0.656. The van der Waals surface area contributed by atoms with Crippen molar-refractivity contribution in [3.63, 3.8) is 0 Å². The Hall–Kier alpha value is -0.0800. The minimum absolute atomic E-state index is 0.635. The fourth-order valence-electron chi connectivity index (χ4n) is 1.49. The van der Waals surface area contributed by atoms with Crippen molar-refractivity contribution in [1.29, 1.82) is 0 Å². The van der Waals surface area contributed by atoms with E-state index in [0.717, 1.165) is 19.1 Å². The number of ether oxygens (including phenoxy) is 1. The van der Waals surface area contributed by atoms with Gasteiger partial charge in [-0.05, 0) is 31.6 Å². The normalized spacial score (nSPS) is 22.2. The van der Waals surface area contributed by atoms with Crippen molar-refractivity contribution in [3.8, 4) is 0 Å². The van der Waals surface area contributed by atoms with Crippen molar-refractivity contribution in [2.24, 2.45) is 11.8 Å². The number of hydrogen-bond acceptors (Lipinski definition) is 2. The van der Waals surface area contributed by atoms with E-state index in [0.29, 0.717) is 12.0 Å². The standard InChI is InChI=1S/C10H21NO/c1-8(7-12-3)6-11-9(2)10-4-5-10/h8-11H,4-7H2,1-3H3. The van der Waals surface area contributed by atoms with E-state index in [-0.39, 0.29) is 0 Å². The first-order chi connectivity index (χ1) is 5.74. The van der Waals surface area contributed by atoms with E-state index in [1.54, 1.807) is 7.11 Å². The zero-order chi connectivity index (χ0) is 8.97. The zero-order valence-corrected chi connectivity index (χ0v) is 8.47. The third-order valence-corrected chi connectivity index (χ3v) is 2.57. The topological polar surface area (TPSA) is 21.3 Å². The first-order valence-electron chi connectivity index (χ1n) is 4.96. The molecule has 1 N–H and O–H groups in total. The predicted molar refractivity (Wildman–Crippen MR) is 51.2 cm³/mol. The summed E-state index contributed by atoms with van der Waals surface area (Å²) >= 11 is 0. The monoisotopic (exact) mass is 171 g/mol. The van der Waals surface area contributed by atoms with E-state index in [1.807, 2.05) is 0 Å². The van der Waals surface area contributed by atoms with Gasteiger partial charge in [0.15, 0.2) is 0 Å². The molecule has 0 spiro atoms. The SMILES string of the molecule is COCC(C)CNC(C)C1CC1. The highest BCUT2D eigenvalue weighted by Gasteiger charge is 2.27. The van der Waals surface area contributed by atoms with Gasteiger partial charge in [0.25, 0.3) is 0 Å². The Bertz CT molecular complexity index is 123. The number of rotatable bonds is 6.